The highest BCUT2D eigenvalue weighted by Gasteiger charge is 2.37. The third-order valence-electron chi connectivity index (χ3n) is 6.88. The molecule has 2 aliphatic heterocycles. The van der Waals surface area contributed by atoms with Crippen LogP contribution in [0.5, 0.6) is 5.75 Å². The van der Waals surface area contributed by atoms with Crippen molar-refractivity contribution < 1.29 is 14.3 Å². The van der Waals surface area contributed by atoms with Crippen molar-refractivity contribution in [3.05, 3.63) is 58.5 Å². The van der Waals surface area contributed by atoms with Gasteiger partial charge >= 0.3 is 6.03 Å². The van der Waals surface area contributed by atoms with Gasteiger partial charge in [-0.25, -0.2) is 4.79 Å². The summed E-state index contributed by atoms with van der Waals surface area (Å²) in [6.07, 6.45) is 3.04. The van der Waals surface area contributed by atoms with Crippen molar-refractivity contribution in [3.8, 4) is 5.75 Å². The van der Waals surface area contributed by atoms with Crippen LogP contribution in [0.4, 0.5) is 10.5 Å². The van der Waals surface area contributed by atoms with Gasteiger partial charge in [0.15, 0.2) is 0 Å². The number of nitrogens with zero attached hydrogens (tertiary/aromatic N) is 2. The molecule has 3 heterocycles. The fourth-order valence-electron chi connectivity index (χ4n) is 5.01. The molecule has 0 unspecified atom stereocenters. The maximum absolute atomic E-state index is 13.2. The number of carbonyl (C=O) groups excluding carboxylic acids is 2. The summed E-state index contributed by atoms with van der Waals surface area (Å²) in [5, 5.41) is 5.88. The Morgan fingerprint density at radius 3 is 2.57 bits per heavy atom. The van der Waals surface area contributed by atoms with Crippen molar-refractivity contribution in [1.29, 1.82) is 0 Å². The molecule has 2 aliphatic rings. The zero-order chi connectivity index (χ0) is 24.9. The van der Waals surface area contributed by atoms with Gasteiger partial charge in [-0.3, -0.25) is 9.59 Å². The predicted molar refractivity (Wildman–Crippen MR) is 136 cm³/mol. The number of aromatic nitrogens is 1. The summed E-state index contributed by atoms with van der Waals surface area (Å²) in [5.74, 6) is 0.800. The number of likely N-dealkylation sites (tertiary alicyclic amines) is 1. The molecule has 35 heavy (non-hydrogen) atoms. The van der Waals surface area contributed by atoms with Crippen LogP contribution in [0.3, 0.4) is 0 Å². The van der Waals surface area contributed by atoms with Crippen LogP contribution in [0.15, 0.2) is 47.3 Å². The first-order valence-electron chi connectivity index (χ1n) is 12.6. The minimum atomic E-state index is -0.667. The second-order valence-electron chi connectivity index (χ2n) is 9.99. The number of pyridine rings is 1. The fourth-order valence-corrected chi connectivity index (χ4v) is 5.01. The van der Waals surface area contributed by atoms with E-state index in [1.165, 1.54) is 0 Å². The minimum absolute atomic E-state index is 0.0206. The molecule has 2 aromatic rings. The fraction of sp³-hybridized carbons (Fsp3) is 0.519. The molecule has 2 bridgehead atoms. The van der Waals surface area contributed by atoms with Gasteiger partial charge in [0.25, 0.3) is 5.56 Å². The number of nitrogens with one attached hydrogen (secondary N) is 2. The summed E-state index contributed by atoms with van der Waals surface area (Å²) in [6, 6.07) is 11.7. The highest BCUT2D eigenvalue weighted by Crippen LogP contribution is 2.35. The molecule has 0 saturated carbocycles. The van der Waals surface area contributed by atoms with Crippen LogP contribution in [0.1, 0.15) is 51.6 Å². The smallest absolute Gasteiger partial charge is 0.318 e. The summed E-state index contributed by atoms with van der Waals surface area (Å²) < 4.78 is 7.52. The maximum Gasteiger partial charge on any atom is 0.318 e. The first-order valence-corrected chi connectivity index (χ1v) is 12.6. The number of carbonyl (C=O) groups is 2. The topological polar surface area (TPSA) is 92.7 Å². The molecule has 8 nitrogen and oxygen atoms in total. The zero-order valence-electron chi connectivity index (χ0n) is 20.8. The molecule has 0 spiro atoms. The first-order chi connectivity index (χ1) is 16.9. The van der Waals surface area contributed by atoms with Crippen LogP contribution in [0.2, 0.25) is 0 Å². The standard InChI is InChI=1S/C27H36N4O4/c1-4-5-13-35-22-11-9-21(10-12-22)28-26(33)25(18(2)3)29-27(34)30-15-19-14-20(17-30)23-7-6-8-24(32)31(23)16-19/h6-12,18-20,25H,4-5,13-17H2,1-3H3,(H,28,33)(H,29,34)/t19-,20+,25-/m0/s1. The molecule has 0 aliphatic carbocycles. The van der Waals surface area contributed by atoms with Gasteiger partial charge in [-0.05, 0) is 55.0 Å². The lowest BCUT2D eigenvalue weighted by atomic mass is 9.83. The largest absolute Gasteiger partial charge is 0.494 e. The predicted octanol–water partition coefficient (Wildman–Crippen LogP) is 3.82. The molecule has 8 heteroatoms. The number of unbranched alkanes of at least 4 members (excludes halogenated alkanes) is 1. The Labute approximate surface area is 206 Å². The van der Waals surface area contributed by atoms with Gasteiger partial charge in [-0.2, -0.15) is 0 Å². The Morgan fingerprint density at radius 1 is 1.09 bits per heavy atom. The number of anilines is 1. The van der Waals surface area contributed by atoms with E-state index in [0.717, 1.165) is 30.7 Å². The Bertz CT molecular complexity index is 1100. The van der Waals surface area contributed by atoms with Crippen LogP contribution in [-0.4, -0.2) is 47.1 Å². The minimum Gasteiger partial charge on any atom is -0.494 e. The van der Waals surface area contributed by atoms with E-state index in [2.05, 4.69) is 17.6 Å². The first kappa shape index (κ1) is 24.8. The average molecular weight is 481 g/mol. The number of rotatable bonds is 8. The lowest BCUT2D eigenvalue weighted by Crippen LogP contribution is -2.56. The van der Waals surface area contributed by atoms with Crippen molar-refractivity contribution in [2.45, 2.75) is 58.5 Å². The summed E-state index contributed by atoms with van der Waals surface area (Å²) in [4.78, 5) is 40.3. The van der Waals surface area contributed by atoms with Crippen molar-refractivity contribution in [2.24, 2.45) is 11.8 Å². The third kappa shape index (κ3) is 5.86. The van der Waals surface area contributed by atoms with Crippen molar-refractivity contribution in [2.75, 3.05) is 25.0 Å². The second kappa shape index (κ2) is 11.0. The molecule has 3 amide bonds. The molecule has 1 aromatic heterocycles. The quantitative estimate of drug-likeness (QED) is 0.562. The number of ether oxygens (including phenoxy) is 1. The monoisotopic (exact) mass is 480 g/mol. The summed E-state index contributed by atoms with van der Waals surface area (Å²) >= 11 is 0. The van der Waals surface area contributed by atoms with E-state index in [4.69, 9.17) is 4.74 Å². The molecule has 1 saturated heterocycles. The molecule has 2 N–H and O–H groups in total. The van der Waals surface area contributed by atoms with E-state index in [-0.39, 0.29) is 35.3 Å². The van der Waals surface area contributed by atoms with E-state index in [1.54, 1.807) is 17.0 Å². The normalized spacial score (nSPS) is 19.6. The van der Waals surface area contributed by atoms with Crippen LogP contribution < -0.4 is 20.9 Å². The van der Waals surface area contributed by atoms with Crippen molar-refractivity contribution >= 4 is 17.6 Å². The molecular formula is C27H36N4O4. The Kier molecular flexibility index (Phi) is 7.78. The number of fused-ring (bicyclic) bond motifs is 4. The molecule has 3 atom stereocenters. The van der Waals surface area contributed by atoms with Gasteiger partial charge in [0, 0.05) is 43.0 Å². The third-order valence-corrected chi connectivity index (χ3v) is 6.88. The van der Waals surface area contributed by atoms with Gasteiger partial charge < -0.3 is 24.8 Å². The number of hydrogen-bond donors (Lipinski definition) is 2. The maximum atomic E-state index is 13.2. The van der Waals surface area contributed by atoms with Crippen LogP contribution in [0, 0.1) is 11.8 Å². The van der Waals surface area contributed by atoms with E-state index < -0.39 is 6.04 Å². The number of benzene rings is 1. The van der Waals surface area contributed by atoms with E-state index in [1.807, 2.05) is 48.7 Å². The van der Waals surface area contributed by atoms with Crippen LogP contribution >= 0.6 is 0 Å². The lowest BCUT2D eigenvalue weighted by molar-refractivity contribution is -0.118. The highest BCUT2D eigenvalue weighted by atomic mass is 16.5. The SMILES string of the molecule is CCCCOc1ccc(NC(=O)[C@@H](NC(=O)N2C[C@@H]3C[C@H](C2)c2cccc(=O)n2C3)C(C)C)cc1. The molecule has 1 aromatic carbocycles. The summed E-state index contributed by atoms with van der Waals surface area (Å²) in [7, 11) is 0. The average Bonchev–Trinajstić information content (AvgIpc) is 2.84. The van der Waals surface area contributed by atoms with Gasteiger partial charge in [-0.15, -0.1) is 0 Å². The summed E-state index contributed by atoms with van der Waals surface area (Å²) in [5.41, 5.74) is 1.67. The Morgan fingerprint density at radius 2 is 1.86 bits per heavy atom. The van der Waals surface area contributed by atoms with Crippen molar-refractivity contribution in [3.63, 3.8) is 0 Å². The van der Waals surface area contributed by atoms with E-state index in [0.29, 0.717) is 31.9 Å². The Balaban J connectivity index is 1.37. The van der Waals surface area contributed by atoms with Crippen LogP contribution in [-0.2, 0) is 11.3 Å². The number of amides is 3. The van der Waals surface area contributed by atoms with Gasteiger partial charge in [-0.1, -0.05) is 33.3 Å². The van der Waals surface area contributed by atoms with Gasteiger partial charge in [0.2, 0.25) is 5.91 Å². The molecule has 188 valence electrons. The molecule has 0 radical (unpaired) electrons. The van der Waals surface area contributed by atoms with Gasteiger partial charge in [0.05, 0.1) is 6.61 Å². The number of hydrogen-bond acceptors (Lipinski definition) is 4. The number of piperidine rings is 1. The van der Waals surface area contributed by atoms with Crippen LogP contribution in [0.25, 0.3) is 0 Å². The molecule has 1 fully saturated rings. The molecular weight excluding hydrogens is 444 g/mol. The zero-order valence-corrected chi connectivity index (χ0v) is 20.8. The summed E-state index contributed by atoms with van der Waals surface area (Å²) in [6.45, 7) is 8.37. The van der Waals surface area contributed by atoms with Gasteiger partial charge in [0.1, 0.15) is 11.8 Å². The second-order valence-corrected chi connectivity index (χ2v) is 9.99. The number of urea groups is 1. The van der Waals surface area contributed by atoms with E-state index >= 15 is 0 Å². The Hall–Kier alpha value is -3.29. The highest BCUT2D eigenvalue weighted by molar-refractivity contribution is 5.97. The van der Waals surface area contributed by atoms with E-state index in [9.17, 15) is 14.4 Å². The molecule has 4 rings (SSSR count). The van der Waals surface area contributed by atoms with Crippen molar-refractivity contribution in [1.82, 2.24) is 14.8 Å². The lowest BCUT2D eigenvalue weighted by Gasteiger charge is -2.43.